The van der Waals surface area contributed by atoms with Gasteiger partial charge in [0.25, 0.3) is 0 Å². The molecule has 6 aromatic carbocycles. The molecule has 0 N–H and O–H groups in total. The van der Waals surface area contributed by atoms with Crippen LogP contribution in [-0.2, 0) is 0 Å². The third kappa shape index (κ3) is 2.85. The van der Waals surface area contributed by atoms with Gasteiger partial charge in [-0.3, -0.25) is 0 Å². The summed E-state index contributed by atoms with van der Waals surface area (Å²) in [4.78, 5) is 0. The Morgan fingerprint density at radius 1 is 0.400 bits per heavy atom. The second kappa shape index (κ2) is 7.66. The number of hydrogen-bond donors (Lipinski definition) is 0. The Kier molecular flexibility index (Phi) is 4.53. The third-order valence-electron chi connectivity index (χ3n) is 7.57. The minimum atomic E-state index is 1.14. The van der Waals surface area contributed by atoms with E-state index in [1.807, 2.05) is 0 Å². The maximum Gasteiger partial charge on any atom is 0.0254 e. The standard InChI is InChI=1S/C34H23Br/c1-20-10-3-5-12-22(20)31-24-14-7-8-15-25(24)32(23-13-6-4-11-21(23)2)34-28-18-19-29(35)26-16-9-17-27(30(26)28)33(31)34/h3-19H,1-2H3. The molecule has 0 saturated heterocycles. The van der Waals surface area contributed by atoms with Crippen LogP contribution in [0, 0.1) is 13.8 Å². The van der Waals surface area contributed by atoms with Crippen LogP contribution in [0.1, 0.15) is 11.1 Å². The van der Waals surface area contributed by atoms with E-state index in [0.717, 1.165) is 4.47 Å². The summed E-state index contributed by atoms with van der Waals surface area (Å²) in [7, 11) is 0. The Labute approximate surface area is 214 Å². The molecule has 0 unspecified atom stereocenters. The fourth-order valence-electron chi connectivity index (χ4n) is 6.03. The maximum absolute atomic E-state index is 3.83. The van der Waals surface area contributed by atoms with E-state index in [1.165, 1.54) is 77.2 Å². The Morgan fingerprint density at radius 2 is 0.857 bits per heavy atom. The van der Waals surface area contributed by atoms with Gasteiger partial charge < -0.3 is 0 Å². The zero-order valence-electron chi connectivity index (χ0n) is 19.7. The highest BCUT2D eigenvalue weighted by molar-refractivity contribution is 9.10. The Morgan fingerprint density at radius 3 is 1.43 bits per heavy atom. The van der Waals surface area contributed by atoms with Crippen LogP contribution in [0.4, 0.5) is 0 Å². The minimum absolute atomic E-state index is 1.14. The summed E-state index contributed by atoms with van der Waals surface area (Å²) in [5.41, 5.74) is 13.3. The highest BCUT2D eigenvalue weighted by Gasteiger charge is 2.31. The van der Waals surface area contributed by atoms with Gasteiger partial charge in [0, 0.05) is 4.47 Å². The van der Waals surface area contributed by atoms with Gasteiger partial charge >= 0.3 is 0 Å². The van der Waals surface area contributed by atoms with Gasteiger partial charge in [0.2, 0.25) is 0 Å². The quantitative estimate of drug-likeness (QED) is 0.217. The van der Waals surface area contributed by atoms with Gasteiger partial charge in [-0.05, 0) is 97.1 Å². The van der Waals surface area contributed by atoms with E-state index < -0.39 is 0 Å². The lowest BCUT2D eigenvalue weighted by atomic mass is 9.81. The van der Waals surface area contributed by atoms with Crippen LogP contribution >= 0.6 is 15.9 Å². The lowest BCUT2D eigenvalue weighted by Gasteiger charge is -2.22. The van der Waals surface area contributed by atoms with Crippen molar-refractivity contribution in [2.45, 2.75) is 13.8 Å². The zero-order chi connectivity index (χ0) is 23.7. The molecule has 0 aliphatic heterocycles. The highest BCUT2D eigenvalue weighted by atomic mass is 79.9. The van der Waals surface area contributed by atoms with E-state index >= 15 is 0 Å². The fourth-order valence-corrected chi connectivity index (χ4v) is 6.49. The molecular weight excluding hydrogens is 488 g/mol. The van der Waals surface area contributed by atoms with Gasteiger partial charge in [0.1, 0.15) is 0 Å². The molecule has 0 atom stereocenters. The van der Waals surface area contributed by atoms with Crippen molar-refractivity contribution in [1.29, 1.82) is 0 Å². The van der Waals surface area contributed by atoms with Crippen molar-refractivity contribution >= 4 is 37.5 Å². The van der Waals surface area contributed by atoms with Gasteiger partial charge in [-0.25, -0.2) is 0 Å². The normalized spacial score (nSPS) is 11.9. The van der Waals surface area contributed by atoms with Crippen molar-refractivity contribution < 1.29 is 0 Å². The first-order valence-corrected chi connectivity index (χ1v) is 12.9. The molecule has 0 heterocycles. The van der Waals surface area contributed by atoms with Crippen LogP contribution in [0.5, 0.6) is 0 Å². The first kappa shape index (κ1) is 20.7. The summed E-state index contributed by atoms with van der Waals surface area (Å²) in [6.45, 7) is 4.45. The smallest absolute Gasteiger partial charge is 0.0254 e. The average Bonchev–Trinajstić information content (AvgIpc) is 3.21. The fraction of sp³-hybridized carbons (Fsp3) is 0.0588. The minimum Gasteiger partial charge on any atom is -0.0620 e. The van der Waals surface area contributed by atoms with E-state index in [4.69, 9.17) is 0 Å². The predicted octanol–water partition coefficient (Wildman–Crippen LogP) is 10.4. The summed E-state index contributed by atoms with van der Waals surface area (Å²) in [6, 6.07) is 37.8. The molecule has 1 heteroatoms. The lowest BCUT2D eigenvalue weighted by molar-refractivity contribution is 1.46. The molecule has 0 amide bonds. The predicted molar refractivity (Wildman–Crippen MR) is 154 cm³/mol. The van der Waals surface area contributed by atoms with Crippen LogP contribution in [0.25, 0.3) is 66.1 Å². The van der Waals surface area contributed by atoms with Gasteiger partial charge in [-0.1, -0.05) is 113 Å². The Bertz CT molecular complexity index is 1730. The molecule has 1 aliphatic carbocycles. The van der Waals surface area contributed by atoms with E-state index in [9.17, 15) is 0 Å². The zero-order valence-corrected chi connectivity index (χ0v) is 21.3. The van der Waals surface area contributed by atoms with E-state index in [1.54, 1.807) is 0 Å². The highest BCUT2D eigenvalue weighted by Crippen LogP contribution is 2.58. The van der Waals surface area contributed by atoms with Crippen molar-refractivity contribution in [3.8, 4) is 44.5 Å². The molecule has 0 radical (unpaired) electrons. The van der Waals surface area contributed by atoms with Crippen molar-refractivity contribution in [3.63, 3.8) is 0 Å². The van der Waals surface area contributed by atoms with Crippen LogP contribution < -0.4 is 0 Å². The van der Waals surface area contributed by atoms with Crippen LogP contribution in [0.2, 0.25) is 0 Å². The molecule has 166 valence electrons. The summed E-state index contributed by atoms with van der Waals surface area (Å²) in [5.74, 6) is 0. The molecule has 35 heavy (non-hydrogen) atoms. The number of benzene rings is 6. The Hall–Kier alpha value is -3.68. The number of halogens is 1. The first-order valence-electron chi connectivity index (χ1n) is 12.1. The van der Waals surface area contributed by atoms with Crippen LogP contribution in [-0.4, -0.2) is 0 Å². The average molecular weight is 511 g/mol. The largest absolute Gasteiger partial charge is 0.0620 e. The number of fused-ring (bicyclic) bond motifs is 4. The molecule has 6 aromatic rings. The summed E-state index contributed by atoms with van der Waals surface area (Å²) in [6.07, 6.45) is 0. The van der Waals surface area contributed by atoms with E-state index in [0.29, 0.717) is 0 Å². The first-order chi connectivity index (χ1) is 17.1. The van der Waals surface area contributed by atoms with Gasteiger partial charge in [0.15, 0.2) is 0 Å². The van der Waals surface area contributed by atoms with E-state index in [2.05, 4.69) is 133 Å². The van der Waals surface area contributed by atoms with Crippen LogP contribution in [0.3, 0.4) is 0 Å². The van der Waals surface area contributed by atoms with Crippen molar-refractivity contribution in [3.05, 3.63) is 119 Å². The number of aryl methyl sites for hydroxylation is 2. The van der Waals surface area contributed by atoms with Crippen molar-refractivity contribution in [2.24, 2.45) is 0 Å². The molecular formula is C34H23Br. The monoisotopic (exact) mass is 510 g/mol. The van der Waals surface area contributed by atoms with Gasteiger partial charge in [-0.2, -0.15) is 0 Å². The summed E-state index contributed by atoms with van der Waals surface area (Å²) >= 11 is 3.83. The topological polar surface area (TPSA) is 0 Å². The molecule has 0 aromatic heterocycles. The molecule has 0 nitrogen and oxygen atoms in total. The van der Waals surface area contributed by atoms with Crippen molar-refractivity contribution in [2.75, 3.05) is 0 Å². The second-order valence-electron chi connectivity index (χ2n) is 9.50. The Balaban J connectivity index is 1.79. The van der Waals surface area contributed by atoms with Gasteiger partial charge in [0.05, 0.1) is 0 Å². The van der Waals surface area contributed by atoms with Crippen molar-refractivity contribution in [1.82, 2.24) is 0 Å². The van der Waals surface area contributed by atoms with Gasteiger partial charge in [-0.15, -0.1) is 0 Å². The summed E-state index contributed by atoms with van der Waals surface area (Å²) in [5, 5.41) is 5.23. The molecule has 0 fully saturated rings. The van der Waals surface area contributed by atoms with E-state index in [-0.39, 0.29) is 0 Å². The third-order valence-corrected chi connectivity index (χ3v) is 8.26. The summed E-state index contributed by atoms with van der Waals surface area (Å²) < 4.78 is 1.14. The molecule has 0 saturated carbocycles. The molecule has 0 bridgehead atoms. The SMILES string of the molecule is Cc1ccccc1-c1c2c(c(-c3ccccc3C)c3ccccc13)-c1ccc(Br)c3cccc-2c13. The molecule has 0 spiro atoms. The van der Waals surface area contributed by atoms with Crippen LogP contribution in [0.15, 0.2) is 108 Å². The second-order valence-corrected chi connectivity index (χ2v) is 10.4. The number of hydrogen-bond acceptors (Lipinski definition) is 0. The number of rotatable bonds is 2. The maximum atomic E-state index is 3.83. The molecule has 7 rings (SSSR count). The molecule has 1 aliphatic rings. The lowest BCUT2D eigenvalue weighted by Crippen LogP contribution is -1.95.